The predicted octanol–water partition coefficient (Wildman–Crippen LogP) is 2.10. The smallest absolute Gasteiger partial charge is 0.246 e. The minimum atomic E-state index is -0.340. The van der Waals surface area contributed by atoms with Crippen molar-refractivity contribution in [3.05, 3.63) is 23.8 Å². The predicted molar refractivity (Wildman–Crippen MR) is 101 cm³/mol. The summed E-state index contributed by atoms with van der Waals surface area (Å²) >= 11 is 0. The number of ether oxygens (including phenoxy) is 3. The summed E-state index contributed by atoms with van der Waals surface area (Å²) in [4.78, 5) is 25.5. The molecule has 0 bridgehead atoms. The van der Waals surface area contributed by atoms with E-state index in [0.717, 1.165) is 0 Å². The van der Waals surface area contributed by atoms with Gasteiger partial charge in [-0.15, -0.1) is 0 Å². The molecule has 0 aromatic heterocycles. The van der Waals surface area contributed by atoms with Crippen LogP contribution in [0.5, 0.6) is 17.2 Å². The second-order valence-electron chi connectivity index (χ2n) is 6.78. The van der Waals surface area contributed by atoms with Crippen molar-refractivity contribution in [2.45, 2.75) is 26.3 Å². The van der Waals surface area contributed by atoms with Gasteiger partial charge >= 0.3 is 0 Å². The minimum Gasteiger partial charge on any atom is -0.493 e. The Labute approximate surface area is 154 Å². The lowest BCUT2D eigenvalue weighted by molar-refractivity contribution is -0.131. The van der Waals surface area contributed by atoms with Crippen LogP contribution in [0, 0.1) is 0 Å². The highest BCUT2D eigenvalue weighted by molar-refractivity contribution is 5.94. The fourth-order valence-corrected chi connectivity index (χ4v) is 2.24. The highest BCUT2D eigenvalue weighted by Crippen LogP contribution is 2.38. The number of nitrogens with zero attached hydrogens (tertiary/aromatic N) is 1. The van der Waals surface area contributed by atoms with Crippen molar-refractivity contribution in [3.63, 3.8) is 0 Å². The van der Waals surface area contributed by atoms with E-state index in [2.05, 4.69) is 5.32 Å². The summed E-state index contributed by atoms with van der Waals surface area (Å²) in [6, 6.07) is 3.47. The first-order valence-corrected chi connectivity index (χ1v) is 8.15. The lowest BCUT2D eigenvalue weighted by Gasteiger charge is -2.22. The third kappa shape index (κ3) is 6.31. The number of hydrogen-bond acceptors (Lipinski definition) is 5. The van der Waals surface area contributed by atoms with E-state index >= 15 is 0 Å². The van der Waals surface area contributed by atoms with Crippen LogP contribution in [0.4, 0.5) is 0 Å². The van der Waals surface area contributed by atoms with E-state index in [9.17, 15) is 9.59 Å². The van der Waals surface area contributed by atoms with Crippen molar-refractivity contribution >= 4 is 17.9 Å². The molecule has 0 aliphatic rings. The standard InChI is InChI=1S/C19H28N2O5/c1-19(2,3)20-16(22)12-21(4)17(23)9-8-13-10-14(24-5)18(26-7)15(11-13)25-6/h8-11H,12H2,1-7H3,(H,20,22)/b9-8+. The van der Waals surface area contributed by atoms with Crippen LogP contribution in [0.15, 0.2) is 18.2 Å². The summed E-state index contributed by atoms with van der Waals surface area (Å²) in [5.41, 5.74) is 0.368. The first-order valence-electron chi connectivity index (χ1n) is 8.15. The largest absolute Gasteiger partial charge is 0.493 e. The lowest BCUT2D eigenvalue weighted by atomic mass is 10.1. The molecule has 26 heavy (non-hydrogen) atoms. The quantitative estimate of drug-likeness (QED) is 0.750. The molecule has 2 amide bonds. The summed E-state index contributed by atoms with van der Waals surface area (Å²) in [6.07, 6.45) is 3.02. The number of benzene rings is 1. The Balaban J connectivity index is 2.86. The minimum absolute atomic E-state index is 0.0182. The average Bonchev–Trinajstić information content (AvgIpc) is 2.56. The maximum atomic E-state index is 12.2. The summed E-state index contributed by atoms with van der Waals surface area (Å²) < 4.78 is 15.8. The van der Waals surface area contributed by atoms with Crippen molar-refractivity contribution in [3.8, 4) is 17.2 Å². The van der Waals surface area contributed by atoms with Gasteiger partial charge in [-0.25, -0.2) is 0 Å². The summed E-state index contributed by atoms with van der Waals surface area (Å²) in [5, 5.41) is 2.82. The Morgan fingerprint density at radius 1 is 1.08 bits per heavy atom. The van der Waals surface area contributed by atoms with Crippen LogP contribution < -0.4 is 19.5 Å². The number of methoxy groups -OCH3 is 3. The molecule has 0 saturated heterocycles. The van der Waals surface area contributed by atoms with Gasteiger partial charge in [-0.2, -0.15) is 0 Å². The molecule has 0 unspecified atom stereocenters. The molecule has 0 heterocycles. The van der Waals surface area contributed by atoms with Gasteiger partial charge in [0.15, 0.2) is 11.5 Å². The molecule has 0 aliphatic heterocycles. The van der Waals surface area contributed by atoms with E-state index in [1.54, 1.807) is 25.3 Å². The Morgan fingerprint density at radius 2 is 1.62 bits per heavy atom. The molecular formula is C19H28N2O5. The number of carbonyl (C=O) groups excluding carboxylic acids is 2. The summed E-state index contributed by atoms with van der Waals surface area (Å²) in [6.45, 7) is 5.64. The van der Waals surface area contributed by atoms with Crippen LogP contribution in [0.25, 0.3) is 6.08 Å². The molecule has 7 nitrogen and oxygen atoms in total. The molecule has 0 fully saturated rings. The summed E-state index contributed by atoms with van der Waals surface area (Å²) in [5.74, 6) is 0.973. The molecular weight excluding hydrogens is 336 g/mol. The third-order valence-corrected chi connectivity index (χ3v) is 3.38. The second-order valence-corrected chi connectivity index (χ2v) is 6.78. The molecule has 1 N–H and O–H groups in total. The van der Waals surface area contributed by atoms with Crippen molar-refractivity contribution in [2.24, 2.45) is 0 Å². The van der Waals surface area contributed by atoms with Crippen LogP contribution in [-0.2, 0) is 9.59 Å². The van der Waals surface area contributed by atoms with E-state index in [-0.39, 0.29) is 23.9 Å². The first kappa shape index (κ1) is 21.3. The molecule has 1 rings (SSSR count). The maximum Gasteiger partial charge on any atom is 0.246 e. The van der Waals surface area contributed by atoms with E-state index in [0.29, 0.717) is 22.8 Å². The number of hydrogen-bond donors (Lipinski definition) is 1. The first-order chi connectivity index (χ1) is 12.1. The normalized spacial score (nSPS) is 11.2. The van der Waals surface area contributed by atoms with Crippen LogP contribution in [0.3, 0.4) is 0 Å². The fourth-order valence-electron chi connectivity index (χ4n) is 2.24. The Kier molecular flexibility index (Phi) is 7.49. The highest BCUT2D eigenvalue weighted by Gasteiger charge is 2.17. The molecule has 1 aromatic rings. The monoisotopic (exact) mass is 364 g/mol. The third-order valence-electron chi connectivity index (χ3n) is 3.38. The lowest BCUT2D eigenvalue weighted by Crippen LogP contribution is -2.46. The Bertz CT molecular complexity index is 652. The number of likely N-dealkylation sites (N-methyl/N-ethyl adjacent to an activating group) is 1. The van der Waals surface area contributed by atoms with Crippen LogP contribution in [0.1, 0.15) is 26.3 Å². The number of amides is 2. The number of carbonyl (C=O) groups is 2. The second kappa shape index (κ2) is 9.12. The fraction of sp³-hybridized carbons (Fsp3) is 0.474. The van der Waals surface area contributed by atoms with Crippen LogP contribution in [-0.4, -0.2) is 57.2 Å². The number of nitrogens with one attached hydrogen (secondary N) is 1. The van der Waals surface area contributed by atoms with Crippen molar-refractivity contribution in [1.82, 2.24) is 10.2 Å². The van der Waals surface area contributed by atoms with Crippen molar-refractivity contribution < 1.29 is 23.8 Å². The Hall–Kier alpha value is -2.70. The average molecular weight is 364 g/mol. The molecule has 0 spiro atoms. The topological polar surface area (TPSA) is 77.1 Å². The van der Waals surface area contributed by atoms with Gasteiger partial charge in [0.05, 0.1) is 27.9 Å². The van der Waals surface area contributed by atoms with Gasteiger partial charge < -0.3 is 24.4 Å². The van der Waals surface area contributed by atoms with Crippen molar-refractivity contribution in [2.75, 3.05) is 34.9 Å². The van der Waals surface area contributed by atoms with E-state index < -0.39 is 0 Å². The van der Waals surface area contributed by atoms with Crippen LogP contribution >= 0.6 is 0 Å². The maximum absolute atomic E-state index is 12.2. The van der Waals surface area contributed by atoms with Crippen molar-refractivity contribution in [1.29, 1.82) is 0 Å². The zero-order valence-corrected chi connectivity index (χ0v) is 16.5. The Morgan fingerprint density at radius 3 is 2.04 bits per heavy atom. The zero-order valence-electron chi connectivity index (χ0n) is 16.5. The van der Waals surface area contributed by atoms with Gasteiger partial charge in [-0.05, 0) is 44.5 Å². The SMILES string of the molecule is COc1cc(/C=C/C(=O)N(C)CC(=O)NC(C)(C)C)cc(OC)c1OC. The zero-order chi connectivity index (χ0) is 19.9. The molecule has 144 valence electrons. The molecule has 7 heteroatoms. The summed E-state index contributed by atoms with van der Waals surface area (Å²) in [7, 11) is 6.15. The van der Waals surface area contributed by atoms with Gasteiger partial charge in [0.25, 0.3) is 0 Å². The van der Waals surface area contributed by atoms with E-state index in [4.69, 9.17) is 14.2 Å². The van der Waals surface area contributed by atoms with Gasteiger partial charge in [0.1, 0.15) is 0 Å². The van der Waals surface area contributed by atoms with Gasteiger partial charge in [0, 0.05) is 18.7 Å². The van der Waals surface area contributed by atoms with Gasteiger partial charge in [-0.3, -0.25) is 9.59 Å². The highest BCUT2D eigenvalue weighted by atomic mass is 16.5. The molecule has 0 aliphatic carbocycles. The molecule has 0 saturated carbocycles. The molecule has 0 atom stereocenters. The van der Waals surface area contributed by atoms with E-state index in [1.165, 1.54) is 32.3 Å². The molecule has 1 aromatic carbocycles. The number of rotatable bonds is 7. The van der Waals surface area contributed by atoms with Crippen LogP contribution in [0.2, 0.25) is 0 Å². The van der Waals surface area contributed by atoms with Gasteiger partial charge in [0.2, 0.25) is 17.6 Å². The molecule has 0 radical (unpaired) electrons. The van der Waals surface area contributed by atoms with Gasteiger partial charge in [-0.1, -0.05) is 0 Å². The van der Waals surface area contributed by atoms with E-state index in [1.807, 2.05) is 20.8 Å².